The van der Waals surface area contributed by atoms with Crippen molar-refractivity contribution in [2.75, 3.05) is 0 Å². The smallest absolute Gasteiger partial charge is 1.00 e. The Morgan fingerprint density at radius 1 is 0.773 bits per heavy atom. The fraction of sp³-hybridized carbons (Fsp3) is 0.0526. The van der Waals surface area contributed by atoms with Crippen LogP contribution in [-0.4, -0.2) is 23.1 Å². The summed E-state index contributed by atoms with van der Waals surface area (Å²) < 4.78 is 5.92. The Morgan fingerprint density at radius 2 is 1.41 bits per heavy atom. The second-order valence-corrected chi connectivity index (χ2v) is 4.55. The van der Waals surface area contributed by atoms with Crippen molar-refractivity contribution in [1.29, 1.82) is 0 Å². The molecule has 0 saturated carbocycles. The van der Waals surface area contributed by atoms with E-state index >= 15 is 0 Å². The average molecular weight is 364 g/mol. The monoisotopic (exact) mass is 362 g/mol. The van der Waals surface area contributed by atoms with Gasteiger partial charge in [0, 0.05) is 5.75 Å². The average Bonchev–Trinajstić information content (AvgIpc) is 2.55. The van der Waals surface area contributed by atoms with Gasteiger partial charge in [-0.15, -0.1) is 6.07 Å². The van der Waals surface area contributed by atoms with E-state index in [2.05, 4.69) is 36.4 Å². The summed E-state index contributed by atoms with van der Waals surface area (Å²) in [5.74, 6) is 0.794. The maximum absolute atomic E-state index is 5.92. The third kappa shape index (κ3) is 4.87. The number of rotatable bonds is 4. The van der Waals surface area contributed by atoms with Gasteiger partial charge in [-0.25, -0.2) is 0 Å². The van der Waals surface area contributed by atoms with E-state index in [9.17, 15) is 0 Å². The Kier molecular flexibility index (Phi) is 8.24. The predicted octanol–water partition coefficient (Wildman–Crippen LogP) is 1.36. The van der Waals surface area contributed by atoms with Crippen LogP contribution in [0.15, 0.2) is 78.9 Å². The number of halogens is 1. The van der Waals surface area contributed by atoms with Crippen LogP contribution < -0.4 is 21.7 Å². The SMILES string of the molecule is [Br-].[Mg+2].[c-]1cccc(-c2ccccc2)c1OCc1ccccc1. The maximum atomic E-state index is 5.92. The van der Waals surface area contributed by atoms with Crippen molar-refractivity contribution in [1.82, 2.24) is 0 Å². The minimum Gasteiger partial charge on any atom is -1.00 e. The van der Waals surface area contributed by atoms with Gasteiger partial charge in [0.25, 0.3) is 0 Å². The van der Waals surface area contributed by atoms with Crippen LogP contribution in [0.3, 0.4) is 0 Å². The molecule has 0 aliphatic rings. The molecule has 3 heteroatoms. The Balaban J connectivity index is 0.00000121. The van der Waals surface area contributed by atoms with E-state index in [1.54, 1.807) is 0 Å². The Hall–Kier alpha value is -1.29. The molecular weight excluding hydrogens is 348 g/mol. The first-order valence-corrected chi connectivity index (χ1v) is 6.66. The van der Waals surface area contributed by atoms with E-state index in [0.29, 0.717) is 6.61 Å². The van der Waals surface area contributed by atoms with Crippen molar-refractivity contribution in [2.45, 2.75) is 6.61 Å². The summed E-state index contributed by atoms with van der Waals surface area (Å²) in [6.45, 7) is 0.557. The fourth-order valence-electron chi connectivity index (χ4n) is 2.12. The van der Waals surface area contributed by atoms with E-state index in [4.69, 9.17) is 4.74 Å². The number of ether oxygens (including phenoxy) is 1. The molecule has 0 unspecified atom stereocenters. The molecular formula is C19H15BrMgO. The van der Waals surface area contributed by atoms with E-state index < -0.39 is 0 Å². The van der Waals surface area contributed by atoms with E-state index in [-0.39, 0.29) is 40.0 Å². The Bertz CT molecular complexity index is 671. The summed E-state index contributed by atoms with van der Waals surface area (Å²) in [5, 5.41) is 0. The van der Waals surface area contributed by atoms with Gasteiger partial charge in [0.15, 0.2) is 0 Å². The summed E-state index contributed by atoms with van der Waals surface area (Å²) in [6, 6.07) is 29.5. The summed E-state index contributed by atoms with van der Waals surface area (Å²) in [7, 11) is 0. The van der Waals surface area contributed by atoms with Crippen molar-refractivity contribution in [3.63, 3.8) is 0 Å². The third-order valence-corrected chi connectivity index (χ3v) is 3.13. The minimum atomic E-state index is 0. The summed E-state index contributed by atoms with van der Waals surface area (Å²) >= 11 is 0. The van der Waals surface area contributed by atoms with E-state index in [0.717, 1.165) is 22.4 Å². The molecule has 106 valence electrons. The molecule has 0 heterocycles. The first kappa shape index (κ1) is 18.8. The predicted molar refractivity (Wildman–Crippen MR) is 87.2 cm³/mol. The van der Waals surface area contributed by atoms with Gasteiger partial charge in [-0.2, -0.15) is 18.2 Å². The zero-order valence-corrected chi connectivity index (χ0v) is 15.2. The molecule has 0 spiro atoms. The van der Waals surface area contributed by atoms with Crippen LogP contribution in [0.25, 0.3) is 11.1 Å². The molecule has 0 aromatic heterocycles. The zero-order chi connectivity index (χ0) is 13.6. The Morgan fingerprint density at radius 3 is 2.09 bits per heavy atom. The van der Waals surface area contributed by atoms with E-state index in [1.165, 1.54) is 0 Å². The minimum absolute atomic E-state index is 0. The van der Waals surface area contributed by atoms with Crippen molar-refractivity contribution in [3.05, 3.63) is 90.5 Å². The van der Waals surface area contributed by atoms with Crippen molar-refractivity contribution >= 4 is 23.1 Å². The van der Waals surface area contributed by atoms with Crippen LogP contribution in [0.5, 0.6) is 5.75 Å². The molecule has 0 fully saturated rings. The zero-order valence-electron chi connectivity index (χ0n) is 12.2. The molecule has 0 N–H and O–H groups in total. The molecule has 0 atom stereocenters. The topological polar surface area (TPSA) is 9.23 Å². The molecule has 1 nitrogen and oxygen atoms in total. The largest absolute Gasteiger partial charge is 2.00 e. The van der Waals surface area contributed by atoms with Gasteiger partial charge < -0.3 is 21.7 Å². The first-order valence-electron chi connectivity index (χ1n) is 6.66. The van der Waals surface area contributed by atoms with Crippen LogP contribution in [-0.2, 0) is 6.61 Å². The second-order valence-electron chi connectivity index (χ2n) is 4.55. The molecule has 0 amide bonds. The number of hydrogen-bond donors (Lipinski definition) is 0. The molecule has 0 saturated heterocycles. The molecule has 3 rings (SSSR count). The van der Waals surface area contributed by atoms with E-state index in [1.807, 2.05) is 48.5 Å². The van der Waals surface area contributed by atoms with Crippen molar-refractivity contribution in [2.24, 2.45) is 0 Å². The van der Waals surface area contributed by atoms with Crippen LogP contribution in [0, 0.1) is 6.07 Å². The van der Waals surface area contributed by atoms with Crippen molar-refractivity contribution in [3.8, 4) is 16.9 Å². The first-order chi connectivity index (χ1) is 9.93. The molecule has 3 aromatic rings. The van der Waals surface area contributed by atoms with Gasteiger partial charge in [-0.05, 0) is 5.56 Å². The van der Waals surface area contributed by atoms with Gasteiger partial charge >= 0.3 is 23.1 Å². The normalized spacial score (nSPS) is 9.27. The van der Waals surface area contributed by atoms with Crippen LogP contribution in [0.4, 0.5) is 0 Å². The second kappa shape index (κ2) is 9.67. The van der Waals surface area contributed by atoms with Crippen molar-refractivity contribution < 1.29 is 21.7 Å². The molecule has 0 radical (unpaired) electrons. The molecule has 0 aliphatic heterocycles. The molecule has 0 bridgehead atoms. The van der Waals surface area contributed by atoms with Gasteiger partial charge in [0.1, 0.15) is 6.61 Å². The molecule has 3 aromatic carbocycles. The fourth-order valence-corrected chi connectivity index (χ4v) is 2.12. The van der Waals surface area contributed by atoms with Crippen LogP contribution >= 0.6 is 0 Å². The number of para-hydroxylation sites is 1. The maximum Gasteiger partial charge on any atom is 2.00 e. The molecule has 0 aliphatic carbocycles. The van der Waals surface area contributed by atoms with Gasteiger partial charge in [-0.1, -0.05) is 71.8 Å². The third-order valence-electron chi connectivity index (χ3n) is 3.13. The van der Waals surface area contributed by atoms with Crippen LogP contribution in [0.2, 0.25) is 0 Å². The standard InChI is InChI=1S/C19H15O.BrH.Mg/c1-3-9-16(10-4-1)15-20-19-14-8-7-13-18(19)17-11-5-2-6-12-17;;/h1-13H,15H2;1H;/q-1;;+2/p-1. The van der Waals surface area contributed by atoms with Gasteiger partial charge in [0.05, 0.1) is 0 Å². The summed E-state index contributed by atoms with van der Waals surface area (Å²) in [5.41, 5.74) is 3.38. The summed E-state index contributed by atoms with van der Waals surface area (Å²) in [4.78, 5) is 0. The van der Waals surface area contributed by atoms with Gasteiger partial charge in [-0.3, -0.25) is 0 Å². The Labute approximate surface area is 158 Å². The molecule has 22 heavy (non-hydrogen) atoms. The van der Waals surface area contributed by atoms with Gasteiger partial charge in [0.2, 0.25) is 0 Å². The quantitative estimate of drug-likeness (QED) is 0.502. The summed E-state index contributed by atoms with van der Waals surface area (Å²) in [6.07, 6.45) is 0. The number of hydrogen-bond acceptors (Lipinski definition) is 1. The van der Waals surface area contributed by atoms with Crippen LogP contribution in [0.1, 0.15) is 5.56 Å². The number of benzene rings is 3.